The molecule has 2 aliphatic rings. The van der Waals surface area contributed by atoms with Gasteiger partial charge in [0.2, 0.25) is 0 Å². The van der Waals surface area contributed by atoms with Crippen LogP contribution in [-0.4, -0.2) is 47.1 Å². The summed E-state index contributed by atoms with van der Waals surface area (Å²) >= 11 is 0. The molecule has 0 amide bonds. The fraction of sp³-hybridized carbons (Fsp3) is 0.391. The first-order chi connectivity index (χ1) is 14.6. The average Bonchev–Trinajstić information content (AvgIpc) is 3.58. The van der Waals surface area contributed by atoms with E-state index in [-0.39, 0.29) is 12.1 Å². The summed E-state index contributed by atoms with van der Waals surface area (Å²) in [6, 6.07) is 11.2. The van der Waals surface area contributed by atoms with Gasteiger partial charge < -0.3 is 10.2 Å². The van der Waals surface area contributed by atoms with Gasteiger partial charge in [0.15, 0.2) is 11.6 Å². The molecule has 1 saturated carbocycles. The van der Waals surface area contributed by atoms with Gasteiger partial charge in [-0.3, -0.25) is 4.90 Å². The Balaban J connectivity index is 1.34. The number of para-hydroxylation sites is 2. The van der Waals surface area contributed by atoms with Crippen molar-refractivity contribution in [2.24, 2.45) is 0 Å². The lowest BCUT2D eigenvalue weighted by Gasteiger charge is -2.36. The van der Waals surface area contributed by atoms with Gasteiger partial charge in [0.1, 0.15) is 11.6 Å². The smallest absolute Gasteiger partial charge is 0.172 e. The lowest BCUT2D eigenvalue weighted by atomic mass is 10.1. The second kappa shape index (κ2) is 7.80. The van der Waals surface area contributed by atoms with Crippen molar-refractivity contribution in [2.75, 3.05) is 36.4 Å². The van der Waals surface area contributed by atoms with E-state index < -0.39 is 11.6 Å². The molecule has 30 heavy (non-hydrogen) atoms. The Morgan fingerprint density at radius 1 is 0.967 bits per heavy atom. The van der Waals surface area contributed by atoms with Crippen molar-refractivity contribution in [1.82, 2.24) is 14.9 Å². The van der Waals surface area contributed by atoms with Crippen LogP contribution in [0.25, 0.3) is 11.0 Å². The van der Waals surface area contributed by atoms with Gasteiger partial charge in [-0.2, -0.15) is 0 Å². The highest BCUT2D eigenvalue weighted by atomic mass is 19.1. The van der Waals surface area contributed by atoms with Crippen molar-refractivity contribution in [3.8, 4) is 0 Å². The lowest BCUT2D eigenvalue weighted by molar-refractivity contribution is 0.242. The standard InChI is InChI=1S/C23H25F2N5/c1-15-6-9-18(24)17(21(15)25)14-29-10-12-30(13-11-29)23-22(26-16-7-8-16)27-19-4-2-3-5-20(19)28-23/h2-6,9,16H,7-8,10-14H2,1H3,(H,26,27). The van der Waals surface area contributed by atoms with E-state index in [1.165, 1.54) is 12.1 Å². The molecule has 0 unspecified atom stereocenters. The van der Waals surface area contributed by atoms with Crippen molar-refractivity contribution in [3.63, 3.8) is 0 Å². The van der Waals surface area contributed by atoms with Gasteiger partial charge in [0.05, 0.1) is 11.0 Å². The van der Waals surface area contributed by atoms with E-state index in [1.54, 1.807) is 6.92 Å². The maximum Gasteiger partial charge on any atom is 0.172 e. The molecule has 3 aromatic rings. The van der Waals surface area contributed by atoms with Crippen molar-refractivity contribution < 1.29 is 8.78 Å². The van der Waals surface area contributed by atoms with E-state index in [0.29, 0.717) is 24.7 Å². The van der Waals surface area contributed by atoms with Crippen LogP contribution in [0, 0.1) is 18.6 Å². The first-order valence-corrected chi connectivity index (χ1v) is 10.5. The summed E-state index contributed by atoms with van der Waals surface area (Å²) in [7, 11) is 0. The van der Waals surface area contributed by atoms with E-state index in [2.05, 4.69) is 15.1 Å². The van der Waals surface area contributed by atoms with Gasteiger partial charge in [-0.1, -0.05) is 18.2 Å². The number of nitrogens with zero attached hydrogens (tertiary/aromatic N) is 4. The molecule has 2 aromatic carbocycles. The molecule has 1 aromatic heterocycles. The molecule has 2 fully saturated rings. The maximum absolute atomic E-state index is 14.4. The van der Waals surface area contributed by atoms with Crippen molar-refractivity contribution in [3.05, 3.63) is 59.2 Å². The second-order valence-electron chi connectivity index (χ2n) is 8.22. The first-order valence-electron chi connectivity index (χ1n) is 10.5. The fourth-order valence-electron chi connectivity index (χ4n) is 3.93. The molecule has 7 heteroatoms. The summed E-state index contributed by atoms with van der Waals surface area (Å²) in [4.78, 5) is 14.0. The Bertz CT molecular complexity index is 1070. The third-order valence-corrected chi connectivity index (χ3v) is 5.90. The summed E-state index contributed by atoms with van der Waals surface area (Å²) in [6.45, 7) is 4.85. The number of piperazine rings is 1. The van der Waals surface area contributed by atoms with Crippen LogP contribution in [0.3, 0.4) is 0 Å². The molecule has 156 valence electrons. The highest BCUT2D eigenvalue weighted by molar-refractivity contribution is 5.80. The Labute approximate surface area is 174 Å². The number of rotatable bonds is 5. The molecule has 0 bridgehead atoms. The highest BCUT2D eigenvalue weighted by Gasteiger charge is 2.27. The molecule has 0 atom stereocenters. The number of hydrogen-bond acceptors (Lipinski definition) is 5. The zero-order valence-corrected chi connectivity index (χ0v) is 17.0. The van der Waals surface area contributed by atoms with Gasteiger partial charge in [0, 0.05) is 44.3 Å². The third-order valence-electron chi connectivity index (χ3n) is 5.90. The quantitative estimate of drug-likeness (QED) is 0.687. The Hall–Kier alpha value is -2.80. The topological polar surface area (TPSA) is 44.3 Å². The molecule has 5 rings (SSSR count). The normalized spacial score (nSPS) is 17.5. The molecule has 1 aliphatic heterocycles. The predicted molar refractivity (Wildman–Crippen MR) is 115 cm³/mol. The second-order valence-corrected chi connectivity index (χ2v) is 8.22. The zero-order chi connectivity index (χ0) is 20.7. The number of fused-ring (bicyclic) bond motifs is 1. The Kier molecular flexibility index (Phi) is 4.98. The van der Waals surface area contributed by atoms with Crippen LogP contribution in [0.2, 0.25) is 0 Å². The van der Waals surface area contributed by atoms with E-state index in [9.17, 15) is 8.78 Å². The summed E-state index contributed by atoms with van der Waals surface area (Å²) in [5.74, 6) is 0.791. The number of aryl methyl sites for hydroxylation is 1. The van der Waals surface area contributed by atoms with Crippen LogP contribution in [0.1, 0.15) is 24.0 Å². The van der Waals surface area contributed by atoms with E-state index >= 15 is 0 Å². The maximum atomic E-state index is 14.4. The number of halogens is 2. The molecule has 0 radical (unpaired) electrons. The number of hydrogen-bond donors (Lipinski definition) is 1. The van der Waals surface area contributed by atoms with Crippen LogP contribution in [0.15, 0.2) is 36.4 Å². The first kappa shape index (κ1) is 19.2. The number of aromatic nitrogens is 2. The largest absolute Gasteiger partial charge is 0.364 e. The van der Waals surface area contributed by atoms with Crippen LogP contribution >= 0.6 is 0 Å². The number of anilines is 2. The Morgan fingerprint density at radius 2 is 1.67 bits per heavy atom. The van der Waals surface area contributed by atoms with Gasteiger partial charge in [-0.25, -0.2) is 18.7 Å². The number of benzene rings is 2. The van der Waals surface area contributed by atoms with Crippen LogP contribution in [0.5, 0.6) is 0 Å². The Morgan fingerprint density at radius 3 is 2.37 bits per heavy atom. The van der Waals surface area contributed by atoms with Gasteiger partial charge >= 0.3 is 0 Å². The molecule has 1 N–H and O–H groups in total. The van der Waals surface area contributed by atoms with Gasteiger partial charge in [-0.05, 0) is 43.5 Å². The summed E-state index contributed by atoms with van der Waals surface area (Å²) in [5.41, 5.74) is 2.39. The van der Waals surface area contributed by atoms with Crippen LogP contribution < -0.4 is 10.2 Å². The molecular weight excluding hydrogens is 384 g/mol. The predicted octanol–water partition coefficient (Wildman–Crippen LogP) is 4.11. The zero-order valence-electron chi connectivity index (χ0n) is 17.0. The van der Waals surface area contributed by atoms with Crippen molar-refractivity contribution in [2.45, 2.75) is 32.4 Å². The lowest BCUT2D eigenvalue weighted by Crippen LogP contribution is -2.46. The fourth-order valence-corrected chi connectivity index (χ4v) is 3.93. The summed E-state index contributed by atoms with van der Waals surface area (Å²) < 4.78 is 28.5. The molecule has 5 nitrogen and oxygen atoms in total. The summed E-state index contributed by atoms with van der Waals surface area (Å²) in [6.07, 6.45) is 2.32. The molecule has 1 saturated heterocycles. The van der Waals surface area contributed by atoms with Crippen LogP contribution in [0.4, 0.5) is 20.4 Å². The van der Waals surface area contributed by atoms with E-state index in [0.717, 1.165) is 48.6 Å². The molecular formula is C23H25F2N5. The molecule has 2 heterocycles. The number of nitrogens with one attached hydrogen (secondary N) is 1. The molecule has 0 spiro atoms. The highest BCUT2D eigenvalue weighted by Crippen LogP contribution is 2.31. The minimum absolute atomic E-state index is 0.157. The summed E-state index contributed by atoms with van der Waals surface area (Å²) in [5, 5.41) is 3.52. The molecule has 1 aliphatic carbocycles. The monoisotopic (exact) mass is 409 g/mol. The van der Waals surface area contributed by atoms with Crippen molar-refractivity contribution in [1.29, 1.82) is 0 Å². The van der Waals surface area contributed by atoms with Crippen molar-refractivity contribution >= 4 is 22.7 Å². The SMILES string of the molecule is Cc1ccc(F)c(CN2CCN(c3nc4ccccc4nc3NC3CC3)CC2)c1F. The van der Waals surface area contributed by atoms with E-state index in [1.807, 2.05) is 24.3 Å². The van der Waals surface area contributed by atoms with Gasteiger partial charge in [0.25, 0.3) is 0 Å². The van der Waals surface area contributed by atoms with Gasteiger partial charge in [-0.15, -0.1) is 0 Å². The van der Waals surface area contributed by atoms with Crippen LogP contribution in [-0.2, 0) is 6.54 Å². The average molecular weight is 409 g/mol. The minimum atomic E-state index is -0.475. The van der Waals surface area contributed by atoms with E-state index in [4.69, 9.17) is 9.97 Å². The third kappa shape index (κ3) is 3.81. The minimum Gasteiger partial charge on any atom is -0.364 e.